The molecule has 0 spiro atoms. The second-order valence-electron chi connectivity index (χ2n) is 6.43. The van der Waals surface area contributed by atoms with Crippen molar-refractivity contribution in [3.63, 3.8) is 0 Å². The number of urea groups is 1. The van der Waals surface area contributed by atoms with Gasteiger partial charge in [-0.1, -0.05) is 13.8 Å². The molecule has 3 amide bonds. The molecule has 2 fully saturated rings. The summed E-state index contributed by atoms with van der Waals surface area (Å²) in [5, 5.41) is 14.4. The fraction of sp³-hybridized carbons (Fsp3) is 0.786. The quantitative estimate of drug-likeness (QED) is 0.776. The number of amides is 3. The third-order valence-corrected chi connectivity index (χ3v) is 4.40. The van der Waals surface area contributed by atoms with E-state index in [0.717, 1.165) is 26.1 Å². The molecule has 9 heteroatoms. The van der Waals surface area contributed by atoms with Gasteiger partial charge in [0.15, 0.2) is 5.82 Å². The van der Waals surface area contributed by atoms with Crippen LogP contribution < -0.4 is 5.32 Å². The average molecular weight is 322 g/mol. The topological polar surface area (TPSA) is 102 Å². The highest BCUT2D eigenvalue weighted by atomic mass is 16.5. The van der Waals surface area contributed by atoms with E-state index >= 15 is 0 Å². The van der Waals surface area contributed by atoms with E-state index in [9.17, 15) is 9.59 Å². The van der Waals surface area contributed by atoms with Gasteiger partial charge in [-0.05, 0) is 35.1 Å². The second-order valence-corrected chi connectivity index (χ2v) is 6.43. The lowest BCUT2D eigenvalue weighted by Crippen LogP contribution is -2.35. The monoisotopic (exact) mass is 322 g/mol. The number of hydrogen-bond acceptors (Lipinski definition) is 6. The number of nitrogens with one attached hydrogen (secondary N) is 1. The molecular formula is C14H22N6O3. The van der Waals surface area contributed by atoms with E-state index < -0.39 is 6.04 Å². The van der Waals surface area contributed by atoms with Crippen molar-refractivity contribution in [2.75, 3.05) is 13.2 Å². The molecule has 9 nitrogen and oxygen atoms in total. The van der Waals surface area contributed by atoms with Crippen LogP contribution in [0.15, 0.2) is 0 Å². The Morgan fingerprint density at radius 3 is 2.70 bits per heavy atom. The third kappa shape index (κ3) is 3.34. The van der Waals surface area contributed by atoms with Gasteiger partial charge in [0.05, 0.1) is 6.54 Å². The molecule has 0 radical (unpaired) electrons. The van der Waals surface area contributed by atoms with Crippen molar-refractivity contribution < 1.29 is 14.3 Å². The van der Waals surface area contributed by atoms with E-state index in [-0.39, 0.29) is 24.4 Å². The molecule has 3 heterocycles. The third-order valence-electron chi connectivity index (χ3n) is 4.40. The Kier molecular flexibility index (Phi) is 4.56. The lowest BCUT2D eigenvalue weighted by atomic mass is 10.0. The van der Waals surface area contributed by atoms with Gasteiger partial charge in [0, 0.05) is 19.8 Å². The Hall–Kier alpha value is -2.03. The number of carbonyl (C=O) groups excluding carboxylic acids is 2. The minimum Gasteiger partial charge on any atom is -0.381 e. The summed E-state index contributed by atoms with van der Waals surface area (Å²) in [4.78, 5) is 25.6. The van der Waals surface area contributed by atoms with Gasteiger partial charge in [-0.25, -0.2) is 9.48 Å². The maximum atomic E-state index is 12.3. The van der Waals surface area contributed by atoms with Crippen LogP contribution in [-0.2, 0) is 22.6 Å². The van der Waals surface area contributed by atoms with Crippen molar-refractivity contribution in [3.8, 4) is 0 Å². The zero-order valence-corrected chi connectivity index (χ0v) is 13.4. The number of rotatable bonds is 5. The maximum absolute atomic E-state index is 12.3. The molecule has 0 aromatic carbocycles. The molecule has 0 saturated carbocycles. The van der Waals surface area contributed by atoms with Crippen molar-refractivity contribution in [3.05, 3.63) is 5.82 Å². The van der Waals surface area contributed by atoms with Crippen LogP contribution in [0.3, 0.4) is 0 Å². The molecule has 0 bridgehead atoms. The molecule has 23 heavy (non-hydrogen) atoms. The molecular weight excluding hydrogens is 300 g/mol. The summed E-state index contributed by atoms with van der Waals surface area (Å²) in [6, 6.07) is -0.850. The van der Waals surface area contributed by atoms with Gasteiger partial charge in [0.1, 0.15) is 6.04 Å². The smallest absolute Gasteiger partial charge is 0.325 e. The summed E-state index contributed by atoms with van der Waals surface area (Å²) >= 11 is 0. The highest BCUT2D eigenvalue weighted by molar-refractivity contribution is 6.04. The van der Waals surface area contributed by atoms with Crippen LogP contribution in [0.4, 0.5) is 4.79 Å². The van der Waals surface area contributed by atoms with Crippen LogP contribution in [0.25, 0.3) is 0 Å². The SMILES string of the molecule is CC(C)C1NC(=O)N(Cc2nnnn2CC2CCOCC2)C1=O. The van der Waals surface area contributed by atoms with E-state index in [0.29, 0.717) is 18.3 Å². The predicted molar refractivity (Wildman–Crippen MR) is 79.1 cm³/mol. The summed E-state index contributed by atoms with van der Waals surface area (Å²) in [6.07, 6.45) is 1.94. The van der Waals surface area contributed by atoms with Gasteiger partial charge < -0.3 is 10.1 Å². The minimum absolute atomic E-state index is 0.0506. The molecule has 1 N–H and O–H groups in total. The number of ether oxygens (including phenoxy) is 1. The lowest BCUT2D eigenvalue weighted by Gasteiger charge is -2.22. The van der Waals surface area contributed by atoms with Gasteiger partial charge in [-0.2, -0.15) is 0 Å². The summed E-state index contributed by atoms with van der Waals surface area (Å²) in [5.41, 5.74) is 0. The number of nitrogens with zero attached hydrogens (tertiary/aromatic N) is 5. The minimum atomic E-state index is -0.470. The normalized spacial score (nSPS) is 22.9. The highest BCUT2D eigenvalue weighted by Gasteiger charge is 2.40. The molecule has 1 aromatic heterocycles. The predicted octanol–water partition coefficient (Wildman–Crippen LogP) is 0.176. The number of tetrazole rings is 1. The summed E-state index contributed by atoms with van der Waals surface area (Å²) in [7, 11) is 0. The average Bonchev–Trinajstić information content (AvgIpc) is 3.08. The Balaban J connectivity index is 1.67. The van der Waals surface area contributed by atoms with E-state index in [2.05, 4.69) is 20.8 Å². The zero-order chi connectivity index (χ0) is 16.4. The fourth-order valence-corrected chi connectivity index (χ4v) is 2.94. The first kappa shape index (κ1) is 15.9. The van der Waals surface area contributed by atoms with Crippen LogP contribution in [0.2, 0.25) is 0 Å². The van der Waals surface area contributed by atoms with Gasteiger partial charge in [0.25, 0.3) is 5.91 Å². The summed E-state index contributed by atoms with van der Waals surface area (Å²) in [6.45, 7) is 6.10. The van der Waals surface area contributed by atoms with Gasteiger partial charge in [-0.15, -0.1) is 5.10 Å². The van der Waals surface area contributed by atoms with Crippen molar-refractivity contribution in [1.29, 1.82) is 0 Å². The van der Waals surface area contributed by atoms with E-state index in [1.807, 2.05) is 13.8 Å². The molecule has 1 aromatic rings. The molecule has 1 unspecified atom stereocenters. The van der Waals surface area contributed by atoms with Crippen LogP contribution in [0.5, 0.6) is 0 Å². The van der Waals surface area contributed by atoms with Crippen molar-refractivity contribution in [1.82, 2.24) is 30.4 Å². The first-order valence-corrected chi connectivity index (χ1v) is 8.01. The van der Waals surface area contributed by atoms with Crippen molar-refractivity contribution in [2.24, 2.45) is 11.8 Å². The zero-order valence-electron chi connectivity index (χ0n) is 13.4. The van der Waals surface area contributed by atoms with E-state index in [4.69, 9.17) is 4.74 Å². The Labute approximate surface area is 134 Å². The summed E-state index contributed by atoms with van der Waals surface area (Å²) < 4.78 is 7.05. The van der Waals surface area contributed by atoms with Crippen LogP contribution in [0, 0.1) is 11.8 Å². The number of aromatic nitrogens is 4. The maximum Gasteiger partial charge on any atom is 0.325 e. The Morgan fingerprint density at radius 1 is 1.30 bits per heavy atom. The van der Waals surface area contributed by atoms with E-state index in [1.54, 1.807) is 4.68 Å². The standard InChI is InChI=1S/C14H22N6O3/c1-9(2)12-13(21)19(14(22)15-12)8-11-16-17-18-20(11)7-10-3-5-23-6-4-10/h9-10,12H,3-8H2,1-2H3,(H,15,22). The van der Waals surface area contributed by atoms with Crippen molar-refractivity contribution >= 4 is 11.9 Å². The molecule has 3 rings (SSSR count). The first-order chi connectivity index (χ1) is 11.1. The number of carbonyl (C=O) groups is 2. The first-order valence-electron chi connectivity index (χ1n) is 8.01. The Bertz CT molecular complexity index is 581. The fourth-order valence-electron chi connectivity index (χ4n) is 2.94. The largest absolute Gasteiger partial charge is 0.381 e. The molecule has 2 saturated heterocycles. The number of imide groups is 1. The van der Waals surface area contributed by atoms with Crippen molar-refractivity contribution in [2.45, 2.75) is 45.8 Å². The van der Waals surface area contributed by atoms with Crippen LogP contribution >= 0.6 is 0 Å². The van der Waals surface area contributed by atoms with Gasteiger partial charge in [0.2, 0.25) is 0 Å². The lowest BCUT2D eigenvalue weighted by molar-refractivity contribution is -0.128. The molecule has 1 atom stereocenters. The van der Waals surface area contributed by atoms with Crippen LogP contribution in [-0.4, -0.2) is 56.3 Å². The van der Waals surface area contributed by atoms with Gasteiger partial charge in [-0.3, -0.25) is 9.69 Å². The molecule has 0 aliphatic carbocycles. The van der Waals surface area contributed by atoms with Crippen LogP contribution in [0.1, 0.15) is 32.5 Å². The molecule has 2 aliphatic heterocycles. The Morgan fingerprint density at radius 2 is 2.04 bits per heavy atom. The number of hydrogen-bond donors (Lipinski definition) is 1. The molecule has 126 valence electrons. The second kappa shape index (κ2) is 6.61. The highest BCUT2D eigenvalue weighted by Crippen LogP contribution is 2.19. The van der Waals surface area contributed by atoms with Gasteiger partial charge >= 0.3 is 6.03 Å². The summed E-state index contributed by atoms with van der Waals surface area (Å²) in [5.74, 6) is 0.821. The molecule has 2 aliphatic rings. The van der Waals surface area contributed by atoms with E-state index in [1.165, 1.54) is 4.90 Å².